The molecule has 0 radical (unpaired) electrons. The topological polar surface area (TPSA) is 49.3 Å². The van der Waals surface area contributed by atoms with Gasteiger partial charge in [0, 0.05) is 0 Å². The van der Waals surface area contributed by atoms with Crippen LogP contribution in [0.25, 0.3) is 0 Å². The molecule has 0 saturated heterocycles. The van der Waals surface area contributed by atoms with Gasteiger partial charge in [0.15, 0.2) is 0 Å². The first-order chi connectivity index (χ1) is 6.16. The number of benzene rings is 1. The van der Waals surface area contributed by atoms with Gasteiger partial charge in [-0.1, -0.05) is 6.07 Å². The fourth-order valence-electron chi connectivity index (χ4n) is 1.69. The van der Waals surface area contributed by atoms with Gasteiger partial charge in [0.2, 0.25) is 5.91 Å². The first kappa shape index (κ1) is 8.10. The molecule has 68 valence electrons. The fraction of sp³-hybridized carbons (Fsp3) is 0.300. The average molecular weight is 177 g/mol. The number of phenolic OH excluding ortho intramolecular Hbond substituents is 1. The van der Waals surface area contributed by atoms with E-state index in [1.807, 2.05) is 6.92 Å². The maximum atomic E-state index is 11.1. The Balaban J connectivity index is 2.49. The second-order valence-electron chi connectivity index (χ2n) is 3.35. The van der Waals surface area contributed by atoms with E-state index in [-0.39, 0.29) is 17.7 Å². The molecule has 13 heavy (non-hydrogen) atoms. The fourth-order valence-corrected chi connectivity index (χ4v) is 1.69. The highest BCUT2D eigenvalue weighted by Gasteiger charge is 2.20. The number of hydrogen-bond donors (Lipinski definition) is 2. The smallest absolute Gasteiger partial charge is 0.224 e. The molecule has 1 aromatic rings. The Labute approximate surface area is 76.4 Å². The van der Waals surface area contributed by atoms with Crippen LogP contribution in [0.15, 0.2) is 18.2 Å². The number of amides is 1. The van der Waals surface area contributed by atoms with Gasteiger partial charge in [-0.25, -0.2) is 0 Å². The Morgan fingerprint density at radius 3 is 3.08 bits per heavy atom. The van der Waals surface area contributed by atoms with E-state index in [1.165, 1.54) is 0 Å². The largest absolute Gasteiger partial charge is 0.508 e. The normalized spacial score (nSPS) is 20.7. The van der Waals surface area contributed by atoms with Crippen LogP contribution in [0.1, 0.15) is 24.1 Å². The van der Waals surface area contributed by atoms with E-state index in [0.717, 1.165) is 11.1 Å². The highest BCUT2D eigenvalue weighted by Crippen LogP contribution is 2.26. The molecular weight excluding hydrogens is 166 g/mol. The summed E-state index contributed by atoms with van der Waals surface area (Å²) in [5, 5.41) is 12.1. The molecule has 0 fully saturated rings. The molecule has 1 amide bonds. The monoisotopic (exact) mass is 177 g/mol. The summed E-state index contributed by atoms with van der Waals surface area (Å²) >= 11 is 0. The molecule has 0 saturated carbocycles. The SMILES string of the molecule is CC1NC(=O)Cc2ccc(O)cc21. The first-order valence-electron chi connectivity index (χ1n) is 4.28. The van der Waals surface area contributed by atoms with Crippen LogP contribution in [-0.2, 0) is 11.2 Å². The molecule has 2 rings (SSSR count). The maximum absolute atomic E-state index is 11.1. The second-order valence-corrected chi connectivity index (χ2v) is 3.35. The quantitative estimate of drug-likeness (QED) is 0.624. The molecule has 1 aliphatic rings. The van der Waals surface area contributed by atoms with Crippen LogP contribution in [0, 0.1) is 0 Å². The molecule has 1 unspecified atom stereocenters. The lowest BCUT2D eigenvalue weighted by Gasteiger charge is -2.23. The third-order valence-electron chi connectivity index (χ3n) is 2.32. The molecule has 0 aliphatic carbocycles. The molecule has 1 atom stereocenters. The van der Waals surface area contributed by atoms with Crippen LogP contribution in [0.2, 0.25) is 0 Å². The number of carbonyl (C=O) groups is 1. The molecular formula is C10H11NO2. The summed E-state index contributed by atoms with van der Waals surface area (Å²) in [7, 11) is 0. The maximum Gasteiger partial charge on any atom is 0.224 e. The van der Waals surface area contributed by atoms with E-state index in [9.17, 15) is 9.90 Å². The van der Waals surface area contributed by atoms with Crippen molar-refractivity contribution in [3.63, 3.8) is 0 Å². The molecule has 2 N–H and O–H groups in total. The van der Waals surface area contributed by atoms with E-state index < -0.39 is 0 Å². The van der Waals surface area contributed by atoms with Gasteiger partial charge in [-0.15, -0.1) is 0 Å². The minimum atomic E-state index is 0.00310. The lowest BCUT2D eigenvalue weighted by atomic mass is 9.95. The number of nitrogens with one attached hydrogen (secondary N) is 1. The van der Waals surface area contributed by atoms with Crippen LogP contribution in [0.3, 0.4) is 0 Å². The van der Waals surface area contributed by atoms with Gasteiger partial charge in [0.1, 0.15) is 5.75 Å². The molecule has 1 aliphatic heterocycles. The lowest BCUT2D eigenvalue weighted by Crippen LogP contribution is -2.33. The van der Waals surface area contributed by atoms with E-state index in [2.05, 4.69) is 5.32 Å². The van der Waals surface area contributed by atoms with E-state index in [0.29, 0.717) is 6.42 Å². The zero-order chi connectivity index (χ0) is 9.42. The molecule has 3 nitrogen and oxygen atoms in total. The minimum absolute atomic E-state index is 0.00310. The predicted octanol–water partition coefficient (Wildman–Crippen LogP) is 1.13. The third kappa shape index (κ3) is 1.37. The molecule has 0 aromatic heterocycles. The molecule has 0 spiro atoms. The van der Waals surface area contributed by atoms with Gasteiger partial charge in [-0.05, 0) is 30.2 Å². The highest BCUT2D eigenvalue weighted by molar-refractivity contribution is 5.81. The van der Waals surface area contributed by atoms with Crippen molar-refractivity contribution in [2.24, 2.45) is 0 Å². The summed E-state index contributed by atoms with van der Waals surface area (Å²) < 4.78 is 0. The number of aromatic hydroxyl groups is 1. The van der Waals surface area contributed by atoms with Crippen LogP contribution in [-0.4, -0.2) is 11.0 Å². The number of carbonyl (C=O) groups excluding carboxylic acids is 1. The van der Waals surface area contributed by atoms with Crippen molar-refractivity contribution in [1.82, 2.24) is 5.32 Å². The summed E-state index contributed by atoms with van der Waals surface area (Å²) in [4.78, 5) is 11.1. The van der Waals surface area contributed by atoms with Gasteiger partial charge < -0.3 is 10.4 Å². The van der Waals surface area contributed by atoms with Gasteiger partial charge in [-0.3, -0.25) is 4.79 Å². The summed E-state index contributed by atoms with van der Waals surface area (Å²) in [6.07, 6.45) is 0.417. The van der Waals surface area contributed by atoms with Crippen molar-refractivity contribution in [2.45, 2.75) is 19.4 Å². The molecule has 0 bridgehead atoms. The van der Waals surface area contributed by atoms with Crippen LogP contribution >= 0.6 is 0 Å². The molecule has 1 aromatic carbocycles. The van der Waals surface area contributed by atoms with Crippen LogP contribution < -0.4 is 5.32 Å². The van der Waals surface area contributed by atoms with Crippen molar-refractivity contribution in [3.05, 3.63) is 29.3 Å². The van der Waals surface area contributed by atoms with E-state index in [4.69, 9.17) is 0 Å². The van der Waals surface area contributed by atoms with Gasteiger partial charge in [0.25, 0.3) is 0 Å². The van der Waals surface area contributed by atoms with Gasteiger partial charge >= 0.3 is 0 Å². The zero-order valence-electron chi connectivity index (χ0n) is 7.37. The highest BCUT2D eigenvalue weighted by atomic mass is 16.3. The molecule has 1 heterocycles. The van der Waals surface area contributed by atoms with Crippen molar-refractivity contribution >= 4 is 5.91 Å². The van der Waals surface area contributed by atoms with Gasteiger partial charge in [-0.2, -0.15) is 0 Å². The summed E-state index contributed by atoms with van der Waals surface area (Å²) in [5.41, 5.74) is 2.02. The second kappa shape index (κ2) is 2.76. The number of fused-ring (bicyclic) bond motifs is 1. The van der Waals surface area contributed by atoms with E-state index >= 15 is 0 Å². The lowest BCUT2D eigenvalue weighted by molar-refractivity contribution is -0.121. The number of rotatable bonds is 0. The van der Waals surface area contributed by atoms with E-state index in [1.54, 1.807) is 18.2 Å². The standard InChI is InChI=1S/C10H11NO2/c1-6-9-5-8(12)3-2-7(9)4-10(13)11-6/h2-3,5-6,12H,4H2,1H3,(H,11,13). The van der Waals surface area contributed by atoms with Crippen molar-refractivity contribution in [2.75, 3.05) is 0 Å². The number of phenols is 1. The Kier molecular flexibility index (Phi) is 1.72. The van der Waals surface area contributed by atoms with Crippen molar-refractivity contribution in [1.29, 1.82) is 0 Å². The summed E-state index contributed by atoms with van der Waals surface area (Å²) in [6.45, 7) is 1.91. The Hall–Kier alpha value is -1.51. The van der Waals surface area contributed by atoms with Crippen molar-refractivity contribution in [3.8, 4) is 5.75 Å². The summed E-state index contributed by atoms with van der Waals surface area (Å²) in [5.74, 6) is 0.299. The number of hydrogen-bond acceptors (Lipinski definition) is 2. The average Bonchev–Trinajstić information content (AvgIpc) is 2.06. The van der Waals surface area contributed by atoms with Crippen LogP contribution in [0.5, 0.6) is 5.75 Å². The Morgan fingerprint density at radius 2 is 2.31 bits per heavy atom. The van der Waals surface area contributed by atoms with Crippen molar-refractivity contribution < 1.29 is 9.90 Å². The molecule has 3 heteroatoms. The minimum Gasteiger partial charge on any atom is -0.508 e. The first-order valence-corrected chi connectivity index (χ1v) is 4.28. The Morgan fingerprint density at radius 1 is 1.54 bits per heavy atom. The summed E-state index contributed by atoms with van der Waals surface area (Å²) in [6, 6.07) is 5.13. The third-order valence-corrected chi connectivity index (χ3v) is 2.32. The zero-order valence-corrected chi connectivity index (χ0v) is 7.37. The Bertz CT molecular complexity index is 360. The van der Waals surface area contributed by atoms with Gasteiger partial charge in [0.05, 0.1) is 12.5 Å². The predicted molar refractivity (Wildman–Crippen MR) is 48.4 cm³/mol. The van der Waals surface area contributed by atoms with Crippen LogP contribution in [0.4, 0.5) is 0 Å².